The molecule has 0 bridgehead atoms. The van der Waals surface area contributed by atoms with E-state index in [1.165, 1.54) is 17.8 Å². The van der Waals surface area contributed by atoms with E-state index >= 15 is 0 Å². The summed E-state index contributed by atoms with van der Waals surface area (Å²) in [5, 5.41) is 5.24. The van der Waals surface area contributed by atoms with Crippen LogP contribution in [0.15, 0.2) is 34.3 Å². The summed E-state index contributed by atoms with van der Waals surface area (Å²) < 4.78 is 12.6. The Bertz CT molecular complexity index is 1050. The molecule has 1 amide bonds. The first-order valence-electron chi connectivity index (χ1n) is 11.6. The SMILES string of the molecule is CCCCC(CC)CNC(=O)c1cc(-c2csc(C(=O)OCC)n2)n(Cc2ccco2)c1C. The van der Waals surface area contributed by atoms with Gasteiger partial charge in [-0.05, 0) is 44.4 Å². The number of ether oxygens (including phenoxy) is 1. The number of hydrogen-bond donors (Lipinski definition) is 1. The van der Waals surface area contributed by atoms with Crippen molar-refractivity contribution in [3.8, 4) is 11.4 Å². The van der Waals surface area contributed by atoms with E-state index in [0.29, 0.717) is 41.9 Å². The lowest BCUT2D eigenvalue weighted by molar-refractivity contribution is 0.0526. The minimum atomic E-state index is -0.440. The molecule has 0 aliphatic carbocycles. The molecule has 3 rings (SSSR count). The van der Waals surface area contributed by atoms with Gasteiger partial charge in [0.05, 0.1) is 36.4 Å². The third kappa shape index (κ3) is 6.13. The monoisotopic (exact) mass is 471 g/mol. The molecule has 3 heterocycles. The molecule has 8 heteroatoms. The second-order valence-corrected chi connectivity index (χ2v) is 8.94. The lowest BCUT2D eigenvalue weighted by Crippen LogP contribution is -2.29. The minimum absolute atomic E-state index is 0.0947. The number of carbonyl (C=O) groups is 2. The quantitative estimate of drug-likeness (QED) is 0.343. The fourth-order valence-corrected chi connectivity index (χ4v) is 4.51. The molecule has 0 radical (unpaired) electrons. The number of aromatic nitrogens is 2. The standard InChI is InChI=1S/C25H33N3O4S/c1-5-8-10-18(6-2)14-26-23(29)20-13-22(21-16-33-24(27-21)25(30)31-7-3)28(17(20)4)15-19-11-9-12-32-19/h9,11-13,16,18H,5-8,10,14-15H2,1-4H3,(H,26,29). The molecule has 0 aromatic carbocycles. The third-order valence-corrected chi connectivity index (χ3v) is 6.64. The van der Waals surface area contributed by atoms with Gasteiger partial charge in [-0.15, -0.1) is 11.3 Å². The Morgan fingerprint density at radius 2 is 2.12 bits per heavy atom. The second-order valence-electron chi connectivity index (χ2n) is 8.08. The number of hydrogen-bond acceptors (Lipinski definition) is 6. The zero-order valence-corrected chi connectivity index (χ0v) is 20.7. The Morgan fingerprint density at radius 3 is 2.79 bits per heavy atom. The van der Waals surface area contributed by atoms with E-state index in [1.54, 1.807) is 13.2 Å². The van der Waals surface area contributed by atoms with Crippen molar-refractivity contribution in [3.63, 3.8) is 0 Å². The van der Waals surface area contributed by atoms with Gasteiger partial charge in [-0.2, -0.15) is 0 Å². The van der Waals surface area contributed by atoms with E-state index in [0.717, 1.165) is 36.4 Å². The summed E-state index contributed by atoms with van der Waals surface area (Å²) in [6.45, 7) is 9.46. The number of nitrogens with one attached hydrogen (secondary N) is 1. The predicted octanol–water partition coefficient (Wildman–Crippen LogP) is 5.68. The topological polar surface area (TPSA) is 86.4 Å². The average molecular weight is 472 g/mol. The molecule has 178 valence electrons. The lowest BCUT2D eigenvalue weighted by Gasteiger charge is -2.15. The van der Waals surface area contributed by atoms with Crippen LogP contribution >= 0.6 is 11.3 Å². The Kier molecular flexibility index (Phi) is 8.88. The summed E-state index contributed by atoms with van der Waals surface area (Å²) in [6.07, 6.45) is 6.12. The summed E-state index contributed by atoms with van der Waals surface area (Å²) in [4.78, 5) is 29.7. The van der Waals surface area contributed by atoms with Gasteiger partial charge in [-0.25, -0.2) is 9.78 Å². The summed E-state index contributed by atoms with van der Waals surface area (Å²) >= 11 is 1.23. The molecule has 0 saturated carbocycles. The molecule has 1 unspecified atom stereocenters. The molecule has 3 aromatic rings. The van der Waals surface area contributed by atoms with Gasteiger partial charge >= 0.3 is 5.97 Å². The van der Waals surface area contributed by atoms with Crippen LogP contribution in [0, 0.1) is 12.8 Å². The van der Waals surface area contributed by atoms with E-state index in [2.05, 4.69) is 24.1 Å². The predicted molar refractivity (Wildman–Crippen MR) is 130 cm³/mol. The average Bonchev–Trinajstić information content (AvgIpc) is 3.56. The molecule has 7 nitrogen and oxygen atoms in total. The van der Waals surface area contributed by atoms with Crippen molar-refractivity contribution in [3.05, 3.63) is 51.9 Å². The van der Waals surface area contributed by atoms with E-state index < -0.39 is 5.97 Å². The van der Waals surface area contributed by atoms with Crippen molar-refractivity contribution in [1.82, 2.24) is 14.9 Å². The largest absolute Gasteiger partial charge is 0.467 e. The van der Waals surface area contributed by atoms with Crippen molar-refractivity contribution in [2.75, 3.05) is 13.2 Å². The highest BCUT2D eigenvalue weighted by molar-refractivity contribution is 7.11. The van der Waals surface area contributed by atoms with Gasteiger partial charge in [0.1, 0.15) is 5.76 Å². The number of thiazole rings is 1. The number of unbranched alkanes of at least 4 members (excludes halogenated alkanes) is 1. The van der Waals surface area contributed by atoms with Crippen LogP contribution in [-0.2, 0) is 11.3 Å². The zero-order valence-electron chi connectivity index (χ0n) is 19.8. The van der Waals surface area contributed by atoms with Crippen LogP contribution < -0.4 is 5.32 Å². The number of amides is 1. The fraction of sp³-hybridized carbons (Fsp3) is 0.480. The number of esters is 1. The van der Waals surface area contributed by atoms with Gasteiger partial charge in [0.15, 0.2) is 0 Å². The number of nitrogens with zero attached hydrogens (tertiary/aromatic N) is 2. The van der Waals surface area contributed by atoms with Gasteiger partial charge in [0.25, 0.3) is 5.91 Å². The van der Waals surface area contributed by atoms with E-state index in [4.69, 9.17) is 9.15 Å². The zero-order chi connectivity index (χ0) is 23.8. The van der Waals surface area contributed by atoms with E-state index in [9.17, 15) is 9.59 Å². The van der Waals surface area contributed by atoms with Crippen LogP contribution in [-0.4, -0.2) is 34.6 Å². The molecular weight excluding hydrogens is 438 g/mol. The second kappa shape index (κ2) is 11.8. The Morgan fingerprint density at radius 1 is 1.30 bits per heavy atom. The van der Waals surface area contributed by atoms with Crippen molar-refractivity contribution in [1.29, 1.82) is 0 Å². The minimum Gasteiger partial charge on any atom is -0.467 e. The van der Waals surface area contributed by atoms with E-state index in [-0.39, 0.29) is 5.91 Å². The van der Waals surface area contributed by atoms with Gasteiger partial charge in [0.2, 0.25) is 5.01 Å². The van der Waals surface area contributed by atoms with Crippen molar-refractivity contribution < 1.29 is 18.7 Å². The number of furan rings is 1. The smallest absolute Gasteiger partial charge is 0.367 e. The Balaban J connectivity index is 1.88. The van der Waals surface area contributed by atoms with Gasteiger partial charge in [-0.3, -0.25) is 4.79 Å². The molecule has 1 atom stereocenters. The Hall–Kier alpha value is -2.87. The van der Waals surface area contributed by atoms with Crippen molar-refractivity contribution >= 4 is 23.2 Å². The van der Waals surface area contributed by atoms with Crippen LogP contribution in [0.5, 0.6) is 0 Å². The summed E-state index contributed by atoms with van der Waals surface area (Å²) in [5.41, 5.74) is 2.82. The third-order valence-electron chi connectivity index (χ3n) is 5.82. The van der Waals surface area contributed by atoms with Crippen LogP contribution in [0.1, 0.15) is 78.1 Å². The van der Waals surface area contributed by atoms with Crippen LogP contribution in [0.25, 0.3) is 11.4 Å². The number of rotatable bonds is 12. The molecule has 0 aliphatic rings. The van der Waals surface area contributed by atoms with Gasteiger partial charge < -0.3 is 19.0 Å². The maximum absolute atomic E-state index is 13.1. The maximum Gasteiger partial charge on any atom is 0.367 e. The first-order valence-corrected chi connectivity index (χ1v) is 12.5. The molecule has 0 saturated heterocycles. The van der Waals surface area contributed by atoms with Crippen LogP contribution in [0.2, 0.25) is 0 Å². The molecule has 1 N–H and O–H groups in total. The lowest BCUT2D eigenvalue weighted by atomic mass is 9.99. The van der Waals surface area contributed by atoms with Crippen molar-refractivity contribution in [2.45, 2.75) is 59.9 Å². The molecule has 33 heavy (non-hydrogen) atoms. The first-order chi connectivity index (χ1) is 16.0. The van der Waals surface area contributed by atoms with Gasteiger partial charge in [-0.1, -0.05) is 33.1 Å². The van der Waals surface area contributed by atoms with Crippen LogP contribution in [0.4, 0.5) is 0 Å². The molecule has 0 aliphatic heterocycles. The molecule has 0 fully saturated rings. The summed E-state index contributed by atoms with van der Waals surface area (Å²) in [7, 11) is 0. The van der Waals surface area contributed by atoms with Gasteiger partial charge in [0, 0.05) is 17.6 Å². The molecular formula is C25H33N3O4S. The number of carbonyl (C=O) groups excluding carboxylic acids is 2. The highest BCUT2D eigenvalue weighted by Crippen LogP contribution is 2.29. The molecule has 0 spiro atoms. The molecule has 3 aromatic heterocycles. The summed E-state index contributed by atoms with van der Waals surface area (Å²) in [6, 6.07) is 5.59. The maximum atomic E-state index is 13.1. The van der Waals surface area contributed by atoms with Crippen LogP contribution in [0.3, 0.4) is 0 Å². The summed E-state index contributed by atoms with van der Waals surface area (Å²) in [5.74, 6) is 0.714. The normalized spacial score (nSPS) is 12.0. The highest BCUT2D eigenvalue weighted by atomic mass is 32.1. The fourth-order valence-electron chi connectivity index (χ4n) is 3.80. The highest BCUT2D eigenvalue weighted by Gasteiger charge is 2.22. The van der Waals surface area contributed by atoms with E-state index in [1.807, 2.05) is 35.1 Å². The Labute approximate surface area is 199 Å². The van der Waals surface area contributed by atoms with Crippen molar-refractivity contribution in [2.24, 2.45) is 5.92 Å². The first kappa shape index (κ1) is 24.8.